The fraction of sp³-hybridized carbons (Fsp3) is 0.120. The van der Waals surface area contributed by atoms with E-state index in [1.807, 2.05) is 36.4 Å². The molecule has 162 valence electrons. The number of ether oxygens (including phenoxy) is 2. The number of carbonyl (C=O) groups excluding carboxylic acids is 1. The molecule has 0 aliphatic rings. The first-order valence-corrected chi connectivity index (χ1v) is 9.99. The predicted octanol–water partition coefficient (Wildman–Crippen LogP) is 4.63. The number of nitrogens with zero attached hydrogens (tertiary/aromatic N) is 2. The maximum Gasteiger partial charge on any atom is 0.270 e. The fourth-order valence-corrected chi connectivity index (χ4v) is 3.33. The summed E-state index contributed by atoms with van der Waals surface area (Å²) in [5, 5.41) is 7.56. The second kappa shape index (κ2) is 9.34. The molecule has 4 rings (SSSR count). The van der Waals surface area contributed by atoms with Gasteiger partial charge in [-0.15, -0.1) is 0 Å². The minimum Gasteiger partial charge on any atom is -0.497 e. The molecule has 6 nitrogen and oxygen atoms in total. The summed E-state index contributed by atoms with van der Waals surface area (Å²) >= 11 is 0. The lowest BCUT2D eigenvalue weighted by Crippen LogP contribution is -2.25. The number of halogens is 1. The van der Waals surface area contributed by atoms with Gasteiger partial charge in [-0.25, -0.2) is 9.07 Å². The molecule has 0 atom stereocenters. The highest BCUT2D eigenvalue weighted by Crippen LogP contribution is 2.33. The van der Waals surface area contributed by atoms with Gasteiger partial charge < -0.3 is 14.8 Å². The summed E-state index contributed by atoms with van der Waals surface area (Å²) in [5.41, 5.74) is 3.10. The van der Waals surface area contributed by atoms with Gasteiger partial charge in [0.25, 0.3) is 5.91 Å². The molecule has 7 heteroatoms. The van der Waals surface area contributed by atoms with Crippen LogP contribution in [0.1, 0.15) is 16.1 Å². The largest absolute Gasteiger partial charge is 0.497 e. The minimum absolute atomic E-state index is 0.301. The van der Waals surface area contributed by atoms with Crippen LogP contribution in [0.25, 0.3) is 16.9 Å². The number of amides is 1. The molecule has 0 radical (unpaired) electrons. The van der Waals surface area contributed by atoms with Gasteiger partial charge in [-0.1, -0.05) is 30.3 Å². The van der Waals surface area contributed by atoms with Crippen LogP contribution >= 0.6 is 0 Å². The smallest absolute Gasteiger partial charge is 0.270 e. The molecular formula is C25H22FN3O3. The van der Waals surface area contributed by atoms with E-state index in [1.54, 1.807) is 44.6 Å². The lowest BCUT2D eigenvalue weighted by Gasteiger charge is -2.09. The van der Waals surface area contributed by atoms with Crippen LogP contribution in [0.4, 0.5) is 4.39 Å². The zero-order valence-electron chi connectivity index (χ0n) is 17.7. The van der Waals surface area contributed by atoms with Crippen LogP contribution < -0.4 is 14.8 Å². The van der Waals surface area contributed by atoms with Crippen LogP contribution in [0.3, 0.4) is 0 Å². The van der Waals surface area contributed by atoms with Gasteiger partial charge in [0.1, 0.15) is 23.0 Å². The van der Waals surface area contributed by atoms with Gasteiger partial charge >= 0.3 is 0 Å². The predicted molar refractivity (Wildman–Crippen MR) is 120 cm³/mol. The quantitative estimate of drug-likeness (QED) is 0.464. The Bertz CT molecular complexity index is 1220. The van der Waals surface area contributed by atoms with E-state index in [2.05, 4.69) is 10.4 Å². The van der Waals surface area contributed by atoms with Crippen molar-refractivity contribution in [2.45, 2.75) is 6.54 Å². The number of aromatic nitrogens is 2. The molecular weight excluding hydrogens is 409 g/mol. The van der Waals surface area contributed by atoms with Crippen molar-refractivity contribution in [1.82, 2.24) is 15.1 Å². The van der Waals surface area contributed by atoms with E-state index in [0.29, 0.717) is 40.7 Å². The fourth-order valence-electron chi connectivity index (χ4n) is 3.33. The second-order valence-electron chi connectivity index (χ2n) is 7.04. The van der Waals surface area contributed by atoms with E-state index in [-0.39, 0.29) is 11.7 Å². The molecule has 0 unspecified atom stereocenters. The number of rotatable bonds is 7. The molecule has 0 saturated heterocycles. The van der Waals surface area contributed by atoms with E-state index in [9.17, 15) is 9.18 Å². The molecule has 1 aromatic heterocycles. The van der Waals surface area contributed by atoms with Crippen molar-refractivity contribution < 1.29 is 18.7 Å². The summed E-state index contributed by atoms with van der Waals surface area (Å²) < 4.78 is 25.7. The third-order valence-electron chi connectivity index (χ3n) is 4.99. The first-order valence-electron chi connectivity index (χ1n) is 9.99. The van der Waals surface area contributed by atoms with Crippen molar-refractivity contribution in [2.24, 2.45) is 0 Å². The molecule has 0 spiro atoms. The Kier molecular flexibility index (Phi) is 6.17. The maximum atomic E-state index is 13.5. The molecule has 0 bridgehead atoms. The van der Waals surface area contributed by atoms with Gasteiger partial charge in [-0.2, -0.15) is 5.10 Å². The third-order valence-corrected chi connectivity index (χ3v) is 4.99. The number of hydrogen-bond acceptors (Lipinski definition) is 4. The molecule has 0 aliphatic carbocycles. The first-order chi connectivity index (χ1) is 15.6. The van der Waals surface area contributed by atoms with Crippen molar-refractivity contribution in [3.8, 4) is 28.4 Å². The van der Waals surface area contributed by atoms with E-state index >= 15 is 0 Å². The van der Waals surface area contributed by atoms with Crippen molar-refractivity contribution in [1.29, 1.82) is 0 Å². The third kappa shape index (κ3) is 4.46. The standard InChI is InChI=1S/C25H22FN3O3/c1-31-20-12-13-21(24(14-20)32-2)22-15-23(25(30)27-16-17-6-4-3-5-7-17)29(28-22)19-10-8-18(26)9-11-19/h3-15H,16H2,1-2H3,(H,27,30). The summed E-state index contributed by atoms with van der Waals surface area (Å²) in [6, 6.07) is 22.5. The van der Waals surface area contributed by atoms with Gasteiger partial charge in [0.15, 0.2) is 0 Å². The number of hydrogen-bond donors (Lipinski definition) is 1. The highest BCUT2D eigenvalue weighted by molar-refractivity contribution is 5.94. The Morgan fingerprint density at radius 1 is 0.969 bits per heavy atom. The summed E-state index contributed by atoms with van der Waals surface area (Å²) in [7, 11) is 3.13. The lowest BCUT2D eigenvalue weighted by molar-refractivity contribution is 0.0943. The minimum atomic E-state index is -0.368. The van der Waals surface area contributed by atoms with Crippen LogP contribution in [0.15, 0.2) is 78.9 Å². The number of benzene rings is 3. The van der Waals surface area contributed by atoms with Crippen molar-refractivity contribution in [3.05, 3.63) is 95.9 Å². The van der Waals surface area contributed by atoms with Crippen LogP contribution in [-0.2, 0) is 6.54 Å². The molecule has 1 amide bonds. The number of carbonyl (C=O) groups is 1. The highest BCUT2D eigenvalue weighted by atomic mass is 19.1. The van der Waals surface area contributed by atoms with Crippen molar-refractivity contribution in [3.63, 3.8) is 0 Å². The van der Waals surface area contributed by atoms with Crippen LogP contribution in [-0.4, -0.2) is 29.9 Å². The van der Waals surface area contributed by atoms with E-state index in [0.717, 1.165) is 5.56 Å². The van der Waals surface area contributed by atoms with Crippen molar-refractivity contribution in [2.75, 3.05) is 14.2 Å². The zero-order valence-corrected chi connectivity index (χ0v) is 17.7. The topological polar surface area (TPSA) is 65.4 Å². The van der Waals surface area contributed by atoms with Gasteiger partial charge in [-0.05, 0) is 48.0 Å². The molecule has 1 heterocycles. The Morgan fingerprint density at radius 3 is 2.41 bits per heavy atom. The molecule has 0 fully saturated rings. The van der Waals surface area contributed by atoms with E-state index < -0.39 is 0 Å². The highest BCUT2D eigenvalue weighted by Gasteiger charge is 2.20. The van der Waals surface area contributed by atoms with Crippen LogP contribution in [0.5, 0.6) is 11.5 Å². The monoisotopic (exact) mass is 431 g/mol. The lowest BCUT2D eigenvalue weighted by atomic mass is 10.1. The van der Waals surface area contributed by atoms with Crippen molar-refractivity contribution >= 4 is 5.91 Å². The normalized spacial score (nSPS) is 10.6. The Hall–Kier alpha value is -4.13. The van der Waals surface area contributed by atoms with Gasteiger partial charge in [0.05, 0.1) is 25.6 Å². The summed E-state index contributed by atoms with van der Waals surface area (Å²) in [6.07, 6.45) is 0. The molecule has 3 aromatic carbocycles. The number of methoxy groups -OCH3 is 2. The Balaban J connectivity index is 1.73. The Labute approximate surface area is 185 Å². The van der Waals surface area contributed by atoms with Crippen LogP contribution in [0.2, 0.25) is 0 Å². The molecule has 0 saturated carbocycles. The van der Waals surface area contributed by atoms with Gasteiger partial charge in [-0.3, -0.25) is 4.79 Å². The summed E-state index contributed by atoms with van der Waals surface area (Å²) in [6.45, 7) is 0.370. The van der Waals surface area contributed by atoms with E-state index in [4.69, 9.17) is 9.47 Å². The Morgan fingerprint density at radius 2 is 1.72 bits per heavy atom. The van der Waals surface area contributed by atoms with Gasteiger partial charge in [0.2, 0.25) is 0 Å². The molecule has 0 aliphatic heterocycles. The SMILES string of the molecule is COc1ccc(-c2cc(C(=O)NCc3ccccc3)n(-c3ccc(F)cc3)n2)c(OC)c1. The molecule has 4 aromatic rings. The summed E-state index contributed by atoms with van der Waals surface area (Å²) in [5.74, 6) is 0.534. The molecule has 1 N–H and O–H groups in total. The maximum absolute atomic E-state index is 13.5. The average molecular weight is 431 g/mol. The summed E-state index contributed by atoms with van der Waals surface area (Å²) in [4.78, 5) is 13.1. The zero-order chi connectivity index (χ0) is 22.5. The first kappa shape index (κ1) is 21.1. The molecule has 32 heavy (non-hydrogen) atoms. The second-order valence-corrected chi connectivity index (χ2v) is 7.04. The van der Waals surface area contributed by atoms with Crippen LogP contribution in [0, 0.1) is 5.82 Å². The van der Waals surface area contributed by atoms with Gasteiger partial charge in [0, 0.05) is 18.2 Å². The van der Waals surface area contributed by atoms with E-state index in [1.165, 1.54) is 16.8 Å². The average Bonchev–Trinajstić information content (AvgIpc) is 3.28. The number of nitrogens with one attached hydrogen (secondary N) is 1.